The van der Waals surface area contributed by atoms with Crippen molar-refractivity contribution in [3.05, 3.63) is 79.3 Å². The Kier molecular flexibility index (Phi) is 6.84. The number of nitro groups is 1. The summed E-state index contributed by atoms with van der Waals surface area (Å²) in [4.78, 5) is 23.9. The SMILES string of the molecule is CC(C)(C)OC(=O)N[C@H](c1ccc(Cl)cc1)[C@H](c1cccc(Br)c1)[N+](=O)[O-]. The van der Waals surface area contributed by atoms with Crippen LogP contribution in [-0.4, -0.2) is 16.6 Å². The first kappa shape index (κ1) is 21.2. The molecular formula is C19H20BrClN2O4. The molecule has 27 heavy (non-hydrogen) atoms. The van der Waals surface area contributed by atoms with E-state index >= 15 is 0 Å². The van der Waals surface area contributed by atoms with Crippen molar-refractivity contribution in [3.63, 3.8) is 0 Å². The van der Waals surface area contributed by atoms with Gasteiger partial charge in [-0.15, -0.1) is 0 Å². The second-order valence-corrected chi connectivity index (χ2v) is 8.31. The van der Waals surface area contributed by atoms with Crippen LogP contribution in [-0.2, 0) is 4.74 Å². The van der Waals surface area contributed by atoms with Gasteiger partial charge in [-0.2, -0.15) is 0 Å². The maximum absolute atomic E-state index is 12.3. The lowest BCUT2D eigenvalue weighted by molar-refractivity contribution is -0.534. The van der Waals surface area contributed by atoms with Gasteiger partial charge in [-0.05, 0) is 50.6 Å². The number of ether oxygens (including phenoxy) is 1. The van der Waals surface area contributed by atoms with E-state index < -0.39 is 28.7 Å². The number of nitrogens with zero attached hydrogens (tertiary/aromatic N) is 1. The summed E-state index contributed by atoms with van der Waals surface area (Å²) in [5.41, 5.74) is 0.270. The Morgan fingerprint density at radius 2 is 1.81 bits per heavy atom. The summed E-state index contributed by atoms with van der Waals surface area (Å²) < 4.78 is 6.00. The van der Waals surface area contributed by atoms with Gasteiger partial charge in [0.05, 0.1) is 0 Å². The minimum Gasteiger partial charge on any atom is -0.444 e. The molecule has 0 aliphatic carbocycles. The molecule has 0 saturated heterocycles. The molecule has 0 aliphatic rings. The van der Waals surface area contributed by atoms with Crippen LogP contribution >= 0.6 is 27.5 Å². The summed E-state index contributed by atoms with van der Waals surface area (Å²) in [7, 11) is 0. The lowest BCUT2D eigenvalue weighted by Gasteiger charge is -2.26. The predicted octanol–water partition coefficient (Wildman–Crippen LogP) is 5.69. The Balaban J connectivity index is 2.46. The minimum atomic E-state index is -1.21. The molecule has 2 aromatic rings. The molecule has 6 nitrogen and oxygen atoms in total. The molecule has 0 saturated carbocycles. The van der Waals surface area contributed by atoms with Crippen molar-refractivity contribution in [3.8, 4) is 0 Å². The van der Waals surface area contributed by atoms with E-state index in [-0.39, 0.29) is 0 Å². The Morgan fingerprint density at radius 1 is 1.19 bits per heavy atom. The highest BCUT2D eigenvalue weighted by atomic mass is 79.9. The van der Waals surface area contributed by atoms with Crippen molar-refractivity contribution in [1.29, 1.82) is 0 Å². The van der Waals surface area contributed by atoms with Crippen molar-refractivity contribution in [2.75, 3.05) is 0 Å². The summed E-state index contributed by atoms with van der Waals surface area (Å²) in [5.74, 6) is 0. The summed E-state index contributed by atoms with van der Waals surface area (Å²) in [6.45, 7) is 5.18. The van der Waals surface area contributed by atoms with E-state index in [9.17, 15) is 14.9 Å². The van der Waals surface area contributed by atoms with Crippen molar-refractivity contribution in [2.45, 2.75) is 38.5 Å². The molecule has 0 unspecified atom stereocenters. The van der Waals surface area contributed by atoms with E-state index in [0.29, 0.717) is 20.6 Å². The Hall–Kier alpha value is -2.12. The van der Waals surface area contributed by atoms with E-state index in [1.54, 1.807) is 69.3 Å². The van der Waals surface area contributed by atoms with Gasteiger partial charge < -0.3 is 10.1 Å². The molecule has 0 aliphatic heterocycles. The monoisotopic (exact) mass is 454 g/mol. The standard InChI is InChI=1S/C19H20BrClN2O4/c1-19(2,3)27-18(24)22-16(12-7-9-15(21)10-8-12)17(23(25)26)13-5-4-6-14(20)11-13/h4-11,16-17H,1-3H3,(H,22,24)/t16-,17+/m1/s1. The molecule has 0 radical (unpaired) electrons. The maximum atomic E-state index is 12.3. The number of alkyl carbamates (subject to hydrolysis) is 1. The lowest BCUT2D eigenvalue weighted by atomic mass is 9.94. The molecule has 8 heteroatoms. The number of benzene rings is 2. The number of halogens is 2. The molecule has 2 atom stereocenters. The smallest absolute Gasteiger partial charge is 0.408 e. The zero-order valence-electron chi connectivity index (χ0n) is 15.1. The number of rotatable bonds is 5. The van der Waals surface area contributed by atoms with Crippen LogP contribution in [0.3, 0.4) is 0 Å². The van der Waals surface area contributed by atoms with Crippen LogP contribution in [0.15, 0.2) is 53.0 Å². The largest absolute Gasteiger partial charge is 0.444 e. The van der Waals surface area contributed by atoms with Gasteiger partial charge in [0.1, 0.15) is 11.6 Å². The van der Waals surface area contributed by atoms with Gasteiger partial charge in [-0.25, -0.2) is 4.79 Å². The molecule has 144 valence electrons. The van der Waals surface area contributed by atoms with E-state index in [1.807, 2.05) is 0 Å². The average Bonchev–Trinajstić information content (AvgIpc) is 2.53. The van der Waals surface area contributed by atoms with Gasteiger partial charge in [0.2, 0.25) is 0 Å². The van der Waals surface area contributed by atoms with Crippen LogP contribution in [0.25, 0.3) is 0 Å². The molecule has 0 heterocycles. The third-order valence-electron chi connectivity index (χ3n) is 3.63. The number of hydrogen-bond donors (Lipinski definition) is 1. The highest BCUT2D eigenvalue weighted by molar-refractivity contribution is 9.10. The Morgan fingerprint density at radius 3 is 2.33 bits per heavy atom. The van der Waals surface area contributed by atoms with Crippen LogP contribution in [0.4, 0.5) is 4.79 Å². The molecule has 0 spiro atoms. The molecule has 2 aromatic carbocycles. The number of amides is 1. The highest BCUT2D eigenvalue weighted by Gasteiger charge is 2.37. The van der Waals surface area contributed by atoms with Gasteiger partial charge in [0.15, 0.2) is 0 Å². The van der Waals surface area contributed by atoms with Crippen LogP contribution in [0.1, 0.15) is 44.0 Å². The third-order valence-corrected chi connectivity index (χ3v) is 4.38. The predicted molar refractivity (Wildman–Crippen MR) is 107 cm³/mol. The quantitative estimate of drug-likeness (QED) is 0.464. The topological polar surface area (TPSA) is 81.5 Å². The van der Waals surface area contributed by atoms with Crippen molar-refractivity contribution in [1.82, 2.24) is 5.32 Å². The molecule has 1 N–H and O–H groups in total. The molecule has 0 bridgehead atoms. The van der Waals surface area contributed by atoms with Crippen molar-refractivity contribution < 1.29 is 14.5 Å². The first-order valence-corrected chi connectivity index (χ1v) is 9.38. The number of hydrogen-bond acceptors (Lipinski definition) is 4. The number of nitrogens with one attached hydrogen (secondary N) is 1. The molecule has 0 fully saturated rings. The minimum absolute atomic E-state index is 0.418. The van der Waals surface area contributed by atoms with Crippen LogP contribution < -0.4 is 5.32 Å². The normalized spacial score (nSPS) is 13.5. The molecule has 2 rings (SSSR count). The van der Waals surface area contributed by atoms with Gasteiger partial charge in [0.25, 0.3) is 6.04 Å². The van der Waals surface area contributed by atoms with Gasteiger partial charge >= 0.3 is 6.09 Å². The molecule has 0 aromatic heterocycles. The fraction of sp³-hybridized carbons (Fsp3) is 0.316. The van der Waals surface area contributed by atoms with Gasteiger partial charge in [-0.3, -0.25) is 10.1 Å². The number of carbonyl (C=O) groups excluding carboxylic acids is 1. The van der Waals surface area contributed by atoms with Gasteiger partial charge in [0, 0.05) is 20.0 Å². The summed E-state index contributed by atoms with van der Waals surface area (Å²) in [6, 6.07) is 11.2. The fourth-order valence-electron chi connectivity index (χ4n) is 2.58. The fourth-order valence-corrected chi connectivity index (χ4v) is 3.12. The van der Waals surface area contributed by atoms with E-state index in [1.165, 1.54) is 0 Å². The second kappa shape index (κ2) is 8.71. The van der Waals surface area contributed by atoms with Crippen LogP contribution in [0.2, 0.25) is 5.02 Å². The van der Waals surface area contributed by atoms with Crippen molar-refractivity contribution >= 4 is 33.6 Å². The van der Waals surface area contributed by atoms with Crippen LogP contribution in [0.5, 0.6) is 0 Å². The van der Waals surface area contributed by atoms with E-state index in [4.69, 9.17) is 16.3 Å². The zero-order valence-corrected chi connectivity index (χ0v) is 17.5. The first-order valence-electron chi connectivity index (χ1n) is 8.21. The summed E-state index contributed by atoms with van der Waals surface area (Å²) >= 11 is 9.27. The highest BCUT2D eigenvalue weighted by Crippen LogP contribution is 2.33. The molecular weight excluding hydrogens is 436 g/mol. The maximum Gasteiger partial charge on any atom is 0.408 e. The summed E-state index contributed by atoms with van der Waals surface area (Å²) in [6.07, 6.45) is -0.732. The van der Waals surface area contributed by atoms with E-state index in [2.05, 4.69) is 21.2 Å². The average molecular weight is 456 g/mol. The Labute approximate surface area is 171 Å². The first-order chi connectivity index (χ1) is 12.6. The van der Waals surface area contributed by atoms with E-state index in [0.717, 1.165) is 0 Å². The molecule has 1 amide bonds. The lowest BCUT2D eigenvalue weighted by Crippen LogP contribution is -2.39. The van der Waals surface area contributed by atoms with Gasteiger partial charge in [-0.1, -0.05) is 51.8 Å². The summed E-state index contributed by atoms with van der Waals surface area (Å²) in [5, 5.41) is 15.1. The van der Waals surface area contributed by atoms with Crippen molar-refractivity contribution in [2.24, 2.45) is 0 Å². The Bertz CT molecular complexity index is 821. The van der Waals surface area contributed by atoms with Crippen LogP contribution in [0, 0.1) is 10.1 Å². The second-order valence-electron chi connectivity index (χ2n) is 6.96. The zero-order chi connectivity index (χ0) is 20.2. The third kappa shape index (κ3) is 6.22. The number of carbonyl (C=O) groups is 1.